The van der Waals surface area contributed by atoms with E-state index in [0.29, 0.717) is 0 Å². The predicted octanol–water partition coefficient (Wildman–Crippen LogP) is 2.08. The molecule has 6 aliphatic heterocycles. The highest BCUT2D eigenvalue weighted by atomic mass is 28.6. The maximum Gasteiger partial charge on any atom is 0.478 e. The standard InChI is InChI=1S/C18H44O20Si12/c1-17(2)18(19)20-15-14-16-50-36-47(11)30-43(7)24-40(4)21-39(3)22-41(5,26-43)28-45(9,32-47)34-49(13,38-50)35-46(10)29-42(6,23-39)27-44(8,25-40)31-48(12,33-46)37-50/h1,14-16H2,2-13H3. The second-order valence-corrected chi connectivity index (χ2v) is 49.6. The molecule has 284 valence electrons. The number of ether oxygens (including phenoxy) is 1. The zero-order valence-corrected chi connectivity index (χ0v) is 42.0. The zero-order valence-electron chi connectivity index (χ0n) is 30.0. The molecule has 0 aromatic carbocycles. The second-order valence-electron chi connectivity index (χ2n) is 14.0. The van der Waals surface area contributed by atoms with Gasteiger partial charge in [-0.2, -0.15) is 0 Å². The van der Waals surface area contributed by atoms with Gasteiger partial charge in [-0.1, -0.05) is 6.58 Å². The Labute approximate surface area is 304 Å². The Bertz CT molecular complexity index is 1390. The maximum atomic E-state index is 12.3. The first-order valence-electron chi connectivity index (χ1n) is 16.0. The minimum atomic E-state index is -4.21. The van der Waals surface area contributed by atoms with Gasteiger partial charge in [0.25, 0.3) is 0 Å². The number of rotatable bonds is 5. The third-order valence-electron chi connectivity index (χ3n) is 7.79. The smallest absolute Gasteiger partial charge is 0.462 e. The van der Waals surface area contributed by atoms with Gasteiger partial charge in [0.15, 0.2) is 0 Å². The van der Waals surface area contributed by atoms with Gasteiger partial charge in [-0.3, -0.25) is 0 Å². The van der Waals surface area contributed by atoms with E-state index < -0.39 is 112 Å². The molecule has 0 aromatic rings. The normalized spacial score (nSPS) is 57.1. The number of esters is 1. The molecule has 0 aromatic heterocycles. The summed E-state index contributed by atoms with van der Waals surface area (Å²) in [5, 5.41) is 0. The molecule has 0 radical (unpaired) electrons. The molecule has 0 saturated carbocycles. The summed E-state index contributed by atoms with van der Waals surface area (Å²) >= 11 is 0. The van der Waals surface area contributed by atoms with E-state index in [-0.39, 0.29) is 24.6 Å². The first-order chi connectivity index (χ1) is 22.6. The molecule has 6 rings (SSSR count). The van der Waals surface area contributed by atoms with E-state index in [1.54, 1.807) is 78.9 Å². The van der Waals surface area contributed by atoms with Crippen LogP contribution in [0.1, 0.15) is 13.3 Å². The van der Waals surface area contributed by atoms with Crippen LogP contribution in [0.3, 0.4) is 0 Å². The maximum absolute atomic E-state index is 12.3. The molecule has 6 aliphatic rings. The van der Waals surface area contributed by atoms with Crippen molar-refractivity contribution in [3.63, 3.8) is 0 Å². The van der Waals surface area contributed by atoms with Crippen molar-refractivity contribution in [2.75, 3.05) is 6.61 Å². The van der Waals surface area contributed by atoms with Crippen LogP contribution in [0.2, 0.25) is 78.1 Å². The molecule has 8 atom stereocenters. The number of carbonyl (C=O) groups excluding carboxylic acids is 1. The molecule has 32 heteroatoms. The lowest BCUT2D eigenvalue weighted by Crippen LogP contribution is -2.86. The second kappa shape index (κ2) is 11.8. The third kappa shape index (κ3) is 7.74. The van der Waals surface area contributed by atoms with Crippen molar-refractivity contribution in [1.29, 1.82) is 0 Å². The van der Waals surface area contributed by atoms with Crippen molar-refractivity contribution in [2.45, 2.75) is 91.4 Å². The van der Waals surface area contributed by atoms with Crippen molar-refractivity contribution >= 4 is 112 Å². The van der Waals surface area contributed by atoms with E-state index in [0.717, 1.165) is 0 Å². The van der Waals surface area contributed by atoms with Crippen LogP contribution < -0.4 is 0 Å². The SMILES string of the molecule is C=C(C)C(=O)OCCC[Si]12O[Si]3(C)O[Si]4(C)O[Si]5(C)O[Si]6(C)O[Si](C)(O4)O[Si](C)(O3)O[Si](C)(O[Si]3(C)O[Si](C)(O6)O[Si](C)(O5)O[Si](C)(O3)O1)O2. The predicted molar refractivity (Wildman–Crippen MR) is 188 cm³/mol. The highest BCUT2D eigenvalue weighted by Crippen LogP contribution is 2.49. The highest BCUT2D eigenvalue weighted by molar-refractivity contribution is 7.03. The lowest BCUT2D eigenvalue weighted by atomic mass is 10.4. The van der Waals surface area contributed by atoms with Crippen LogP contribution >= 0.6 is 0 Å². The van der Waals surface area contributed by atoms with E-state index in [1.807, 2.05) is 0 Å². The van der Waals surface area contributed by atoms with Gasteiger partial charge in [-0.15, -0.1) is 0 Å². The molecular formula is C18H44O20Si12. The zero-order chi connectivity index (χ0) is 36.7. The molecule has 0 amide bonds. The molecule has 0 spiro atoms. The number of hydrogen-bond donors (Lipinski definition) is 0. The van der Waals surface area contributed by atoms with Crippen LogP contribution in [0, 0.1) is 0 Å². The van der Waals surface area contributed by atoms with Gasteiger partial charge >= 0.3 is 112 Å². The van der Waals surface area contributed by atoms with E-state index in [2.05, 4.69) is 6.58 Å². The molecule has 6 fully saturated rings. The quantitative estimate of drug-likeness (QED) is 0.168. The fourth-order valence-corrected chi connectivity index (χ4v) is 75.9. The van der Waals surface area contributed by atoms with Crippen molar-refractivity contribution in [2.24, 2.45) is 0 Å². The fourth-order valence-electron chi connectivity index (χ4n) is 7.38. The molecule has 20 nitrogen and oxygen atoms in total. The van der Waals surface area contributed by atoms with Crippen molar-refractivity contribution in [1.82, 2.24) is 0 Å². The van der Waals surface area contributed by atoms with Gasteiger partial charge in [0, 0.05) is 83.6 Å². The summed E-state index contributed by atoms with van der Waals surface area (Å²) in [5.74, 6) is -0.540. The molecule has 12 bridgehead atoms. The molecule has 0 N–H and O–H groups in total. The van der Waals surface area contributed by atoms with Crippen LogP contribution in [-0.4, -0.2) is 118 Å². The number of hydrogen-bond acceptors (Lipinski definition) is 20. The van der Waals surface area contributed by atoms with E-state index in [4.69, 9.17) is 78.8 Å². The average Bonchev–Trinajstić information content (AvgIpc) is 2.76. The van der Waals surface area contributed by atoms with Crippen molar-refractivity contribution < 1.29 is 83.6 Å². The Morgan fingerprint density at radius 2 is 0.620 bits per heavy atom. The summed E-state index contributed by atoms with van der Waals surface area (Å²) in [5.41, 5.74) is 0.259. The Morgan fingerprint density at radius 1 is 0.420 bits per heavy atom. The number of carbonyl (C=O) groups is 1. The summed E-state index contributed by atoms with van der Waals surface area (Å²) in [4.78, 5) is 12.3. The molecule has 6 saturated heterocycles. The van der Waals surface area contributed by atoms with Gasteiger partial charge in [-0.05, 0) is 13.3 Å². The van der Waals surface area contributed by atoms with Crippen LogP contribution in [0.4, 0.5) is 0 Å². The third-order valence-corrected chi connectivity index (χ3v) is 61.4. The van der Waals surface area contributed by atoms with E-state index >= 15 is 0 Å². The van der Waals surface area contributed by atoms with Crippen LogP contribution in [0.25, 0.3) is 0 Å². The average molecular weight is 918 g/mol. The Hall–Kier alpha value is 1.09. The summed E-state index contributed by atoms with van der Waals surface area (Å²) in [7, 11) is -48.2. The van der Waals surface area contributed by atoms with Crippen molar-refractivity contribution in [3.05, 3.63) is 12.2 Å². The van der Waals surface area contributed by atoms with E-state index in [1.165, 1.54) is 0 Å². The monoisotopic (exact) mass is 916 g/mol. The number of fused-ring (bicyclic) bond motifs is 12. The molecule has 0 aliphatic carbocycles. The minimum Gasteiger partial charge on any atom is -0.462 e. The first-order valence-corrected chi connectivity index (χ1v) is 42.4. The lowest BCUT2D eigenvalue weighted by molar-refractivity contribution is -0.139. The van der Waals surface area contributed by atoms with Gasteiger partial charge in [0.1, 0.15) is 0 Å². The highest BCUT2D eigenvalue weighted by Gasteiger charge is 2.79. The topological polar surface area (TPSA) is 192 Å². The molecule has 6 heterocycles. The Morgan fingerprint density at radius 3 is 0.820 bits per heavy atom. The summed E-state index contributed by atoms with van der Waals surface area (Å²) in [6.45, 7) is 23.5. The van der Waals surface area contributed by atoms with Gasteiger partial charge < -0.3 is 78.8 Å². The van der Waals surface area contributed by atoms with Gasteiger partial charge in [0.2, 0.25) is 0 Å². The summed E-state index contributed by atoms with van der Waals surface area (Å²) in [6, 6.07) is 0.0688. The summed E-state index contributed by atoms with van der Waals surface area (Å²) in [6.07, 6.45) is 0.226. The Kier molecular flexibility index (Phi) is 9.29. The van der Waals surface area contributed by atoms with Crippen molar-refractivity contribution in [3.8, 4) is 0 Å². The fraction of sp³-hybridized carbons (Fsp3) is 0.833. The summed E-state index contributed by atoms with van der Waals surface area (Å²) < 4.78 is 129. The van der Waals surface area contributed by atoms with E-state index in [9.17, 15) is 4.79 Å². The van der Waals surface area contributed by atoms with Gasteiger partial charge in [-0.25, -0.2) is 4.79 Å². The van der Waals surface area contributed by atoms with Crippen LogP contribution in [0.5, 0.6) is 0 Å². The minimum absolute atomic E-state index is 0.00839. The first kappa shape index (κ1) is 39.3. The Balaban J connectivity index is 1.46. The molecular weight excluding hydrogens is 873 g/mol. The van der Waals surface area contributed by atoms with Crippen LogP contribution in [-0.2, 0) is 83.6 Å². The molecule has 8 unspecified atom stereocenters. The largest absolute Gasteiger partial charge is 0.478 e. The molecule has 50 heavy (non-hydrogen) atoms. The van der Waals surface area contributed by atoms with Gasteiger partial charge in [0.05, 0.1) is 6.61 Å². The lowest BCUT2D eigenvalue weighted by Gasteiger charge is -2.60. The van der Waals surface area contributed by atoms with Crippen LogP contribution in [0.15, 0.2) is 12.2 Å².